The molecule has 0 bridgehead atoms. The molecule has 3 nitrogen and oxygen atoms in total. The van der Waals surface area contributed by atoms with Crippen LogP contribution in [0.3, 0.4) is 0 Å². The number of hydrogen-bond acceptors (Lipinski definition) is 2. The summed E-state index contributed by atoms with van der Waals surface area (Å²) in [6, 6.07) is 7.36. The minimum Gasteiger partial charge on any atom is -0.387 e. The molecule has 1 N–H and O–H groups in total. The molecule has 1 heterocycles. The maximum Gasteiger partial charge on any atom is 0.264 e. The van der Waals surface area contributed by atoms with Gasteiger partial charge in [0.05, 0.1) is 11.2 Å². The first-order valence-corrected chi connectivity index (χ1v) is 4.96. The van der Waals surface area contributed by atoms with Crippen molar-refractivity contribution in [1.29, 1.82) is 0 Å². The molecular weight excluding hydrogens is 214 g/mol. The molecule has 1 atom stereocenters. The second-order valence-corrected chi connectivity index (χ2v) is 3.69. The highest BCUT2D eigenvalue weighted by atomic mass is 19.3. The molecule has 5 heteroatoms. The summed E-state index contributed by atoms with van der Waals surface area (Å²) in [5.74, 6) is 0. The van der Waals surface area contributed by atoms with Gasteiger partial charge in [-0.05, 0) is 6.07 Å². The Bertz CT molecular complexity index is 496. The van der Waals surface area contributed by atoms with Gasteiger partial charge in [0.1, 0.15) is 6.10 Å². The van der Waals surface area contributed by atoms with Crippen molar-refractivity contribution in [3.05, 3.63) is 30.0 Å². The van der Waals surface area contributed by atoms with Crippen LogP contribution in [0.15, 0.2) is 24.3 Å². The molecule has 0 fully saturated rings. The van der Waals surface area contributed by atoms with Crippen LogP contribution >= 0.6 is 0 Å². The molecular formula is C11H12F2N2O. The summed E-state index contributed by atoms with van der Waals surface area (Å²) in [4.78, 5) is 0. The first-order valence-electron chi connectivity index (χ1n) is 4.96. The molecule has 16 heavy (non-hydrogen) atoms. The number of alkyl halides is 2. The zero-order valence-corrected chi connectivity index (χ0v) is 8.77. The zero-order valence-electron chi connectivity index (χ0n) is 8.77. The highest BCUT2D eigenvalue weighted by Gasteiger charge is 2.20. The van der Waals surface area contributed by atoms with Crippen LogP contribution in [0.4, 0.5) is 8.78 Å². The summed E-state index contributed by atoms with van der Waals surface area (Å²) in [5.41, 5.74) is 1.38. The number of nitrogens with zero attached hydrogens (tertiary/aromatic N) is 2. The SMILES string of the molecule is Cn1nc(CC(O)C(F)F)c2ccccc21. The molecule has 0 aliphatic rings. The third-order valence-electron chi connectivity index (χ3n) is 2.53. The van der Waals surface area contributed by atoms with Gasteiger partial charge in [0.25, 0.3) is 6.43 Å². The van der Waals surface area contributed by atoms with Crippen LogP contribution in [0, 0.1) is 0 Å². The van der Waals surface area contributed by atoms with Crippen LogP contribution in [0.1, 0.15) is 5.69 Å². The number of aliphatic hydroxyl groups excluding tert-OH is 1. The van der Waals surface area contributed by atoms with E-state index in [1.807, 2.05) is 24.3 Å². The van der Waals surface area contributed by atoms with Gasteiger partial charge in [0.15, 0.2) is 0 Å². The molecule has 1 aromatic carbocycles. The summed E-state index contributed by atoms with van der Waals surface area (Å²) < 4.78 is 26.1. The van der Waals surface area contributed by atoms with Gasteiger partial charge in [-0.25, -0.2) is 8.78 Å². The second kappa shape index (κ2) is 4.17. The van der Waals surface area contributed by atoms with Crippen molar-refractivity contribution in [3.8, 4) is 0 Å². The molecule has 1 unspecified atom stereocenters. The first kappa shape index (κ1) is 11.0. The Kier molecular flexibility index (Phi) is 2.87. The van der Waals surface area contributed by atoms with Crippen LogP contribution in [0.5, 0.6) is 0 Å². The van der Waals surface area contributed by atoms with Gasteiger partial charge < -0.3 is 5.11 Å². The second-order valence-electron chi connectivity index (χ2n) is 3.69. The molecule has 0 radical (unpaired) electrons. The zero-order chi connectivity index (χ0) is 11.7. The largest absolute Gasteiger partial charge is 0.387 e. The van der Waals surface area contributed by atoms with E-state index < -0.39 is 12.5 Å². The van der Waals surface area contributed by atoms with Gasteiger partial charge in [0, 0.05) is 18.9 Å². The third-order valence-corrected chi connectivity index (χ3v) is 2.53. The van der Waals surface area contributed by atoms with E-state index in [1.165, 1.54) is 0 Å². The van der Waals surface area contributed by atoms with E-state index in [2.05, 4.69) is 5.10 Å². The number of para-hydroxylation sites is 1. The quantitative estimate of drug-likeness (QED) is 0.865. The molecule has 0 aliphatic carbocycles. The van der Waals surface area contributed by atoms with E-state index in [1.54, 1.807) is 11.7 Å². The van der Waals surface area contributed by atoms with E-state index >= 15 is 0 Å². The fourth-order valence-corrected chi connectivity index (χ4v) is 1.73. The topological polar surface area (TPSA) is 38.0 Å². The lowest BCUT2D eigenvalue weighted by Gasteiger charge is -2.06. The summed E-state index contributed by atoms with van der Waals surface area (Å²) in [5, 5.41) is 14.1. The third kappa shape index (κ3) is 1.90. The predicted molar refractivity (Wildman–Crippen MR) is 56.4 cm³/mol. The molecule has 2 aromatic rings. The van der Waals surface area contributed by atoms with Crippen molar-refractivity contribution in [3.63, 3.8) is 0 Å². The standard InChI is InChI=1S/C11H12F2N2O/c1-15-9-5-3-2-4-7(9)8(14-15)6-10(16)11(12)13/h2-5,10-11,16H,6H2,1H3. The average Bonchev–Trinajstić information content (AvgIpc) is 2.57. The summed E-state index contributed by atoms with van der Waals surface area (Å²) >= 11 is 0. The minimum absolute atomic E-state index is 0.126. The molecule has 0 amide bonds. The Balaban J connectivity index is 2.38. The number of aliphatic hydroxyl groups is 1. The number of halogens is 2. The highest BCUT2D eigenvalue weighted by molar-refractivity contribution is 5.81. The Morgan fingerprint density at radius 3 is 2.75 bits per heavy atom. The molecule has 0 saturated heterocycles. The number of aromatic nitrogens is 2. The Hall–Kier alpha value is -1.49. The first-order chi connectivity index (χ1) is 7.59. The lowest BCUT2D eigenvalue weighted by atomic mass is 10.1. The molecule has 2 rings (SSSR count). The lowest BCUT2D eigenvalue weighted by molar-refractivity contribution is -0.00405. The fourth-order valence-electron chi connectivity index (χ4n) is 1.73. The van der Waals surface area contributed by atoms with Crippen molar-refractivity contribution in [2.24, 2.45) is 7.05 Å². The predicted octanol–water partition coefficient (Wildman–Crippen LogP) is 1.74. The number of hydrogen-bond donors (Lipinski definition) is 1. The van der Waals surface area contributed by atoms with Gasteiger partial charge in [-0.1, -0.05) is 18.2 Å². The van der Waals surface area contributed by atoms with Crippen molar-refractivity contribution >= 4 is 10.9 Å². The smallest absolute Gasteiger partial charge is 0.264 e. The molecule has 0 saturated carbocycles. The van der Waals surface area contributed by atoms with E-state index in [-0.39, 0.29) is 6.42 Å². The minimum atomic E-state index is -2.74. The van der Waals surface area contributed by atoms with Crippen LogP contribution in [0.25, 0.3) is 10.9 Å². The normalized spacial score (nSPS) is 13.6. The fraction of sp³-hybridized carbons (Fsp3) is 0.364. The van der Waals surface area contributed by atoms with Crippen molar-refractivity contribution in [1.82, 2.24) is 9.78 Å². The van der Waals surface area contributed by atoms with Crippen molar-refractivity contribution in [2.75, 3.05) is 0 Å². The van der Waals surface area contributed by atoms with Gasteiger partial charge in [0.2, 0.25) is 0 Å². The van der Waals surface area contributed by atoms with Gasteiger partial charge in [-0.2, -0.15) is 5.10 Å². The highest BCUT2D eigenvalue weighted by Crippen LogP contribution is 2.19. The summed E-state index contributed by atoms with van der Waals surface area (Å²) in [7, 11) is 1.75. The molecule has 1 aromatic heterocycles. The maximum absolute atomic E-state index is 12.2. The van der Waals surface area contributed by atoms with E-state index in [4.69, 9.17) is 5.11 Å². The average molecular weight is 226 g/mol. The molecule has 0 spiro atoms. The van der Waals surface area contributed by atoms with E-state index in [9.17, 15) is 8.78 Å². The van der Waals surface area contributed by atoms with Gasteiger partial charge in [-0.15, -0.1) is 0 Å². The number of rotatable bonds is 3. The number of benzene rings is 1. The van der Waals surface area contributed by atoms with E-state index in [0.29, 0.717) is 5.69 Å². The van der Waals surface area contributed by atoms with Crippen LogP contribution < -0.4 is 0 Å². The van der Waals surface area contributed by atoms with Crippen LogP contribution in [-0.4, -0.2) is 27.4 Å². The van der Waals surface area contributed by atoms with Crippen molar-refractivity contribution < 1.29 is 13.9 Å². The lowest BCUT2D eigenvalue weighted by Crippen LogP contribution is -2.20. The summed E-state index contributed by atoms with van der Waals surface area (Å²) in [6.07, 6.45) is -4.52. The molecule has 0 aliphatic heterocycles. The Morgan fingerprint density at radius 2 is 2.06 bits per heavy atom. The van der Waals surface area contributed by atoms with Crippen LogP contribution in [0.2, 0.25) is 0 Å². The van der Waals surface area contributed by atoms with Gasteiger partial charge >= 0.3 is 0 Å². The Labute approximate surface area is 91.3 Å². The Morgan fingerprint density at radius 1 is 1.38 bits per heavy atom. The number of aryl methyl sites for hydroxylation is 1. The van der Waals surface area contributed by atoms with Crippen molar-refractivity contribution in [2.45, 2.75) is 19.0 Å². The number of fused-ring (bicyclic) bond motifs is 1. The van der Waals surface area contributed by atoms with Gasteiger partial charge in [-0.3, -0.25) is 4.68 Å². The monoisotopic (exact) mass is 226 g/mol. The summed E-state index contributed by atoms with van der Waals surface area (Å²) in [6.45, 7) is 0. The van der Waals surface area contributed by atoms with Crippen LogP contribution in [-0.2, 0) is 13.5 Å². The maximum atomic E-state index is 12.2. The molecule has 86 valence electrons. The van der Waals surface area contributed by atoms with E-state index in [0.717, 1.165) is 10.9 Å².